The van der Waals surface area contributed by atoms with Crippen LogP contribution in [0.5, 0.6) is 0 Å². The number of hydrogen-bond acceptors (Lipinski definition) is 2. The lowest BCUT2D eigenvalue weighted by Gasteiger charge is -2.35. The lowest BCUT2D eigenvalue weighted by molar-refractivity contribution is -0.910. The summed E-state index contributed by atoms with van der Waals surface area (Å²) in [5.74, 6) is -0.914. The highest BCUT2D eigenvalue weighted by Gasteiger charge is 2.19. The highest BCUT2D eigenvalue weighted by molar-refractivity contribution is 5.64. The minimum atomic E-state index is -0.914. The maximum Gasteiger partial charge on any atom is 0.0784 e. The van der Waals surface area contributed by atoms with Crippen LogP contribution in [-0.4, -0.2) is 37.1 Å². The highest BCUT2D eigenvalue weighted by atomic mass is 16.4. The summed E-state index contributed by atoms with van der Waals surface area (Å²) in [6.07, 6.45) is 42.3. The van der Waals surface area contributed by atoms with Gasteiger partial charge in [0.05, 0.1) is 26.7 Å². The molecule has 0 aromatic heterocycles. The van der Waals surface area contributed by atoms with Gasteiger partial charge in [-0.25, -0.2) is 0 Å². The van der Waals surface area contributed by atoms with Gasteiger partial charge in [-0.15, -0.1) is 0 Å². The molecular weight excluding hydrogens is 526 g/mol. The molecule has 0 aliphatic heterocycles. The van der Waals surface area contributed by atoms with Crippen LogP contribution in [0.3, 0.4) is 0 Å². The van der Waals surface area contributed by atoms with Gasteiger partial charge >= 0.3 is 0 Å². The molecule has 0 spiro atoms. The van der Waals surface area contributed by atoms with Crippen molar-refractivity contribution in [3.63, 3.8) is 0 Å². The molecule has 3 heteroatoms. The Morgan fingerprint density at radius 1 is 0.442 bits per heavy atom. The van der Waals surface area contributed by atoms with Crippen LogP contribution in [-0.2, 0) is 4.79 Å². The normalized spacial score (nSPS) is 11.7. The molecule has 0 radical (unpaired) electrons. The predicted molar refractivity (Wildman–Crippen MR) is 192 cm³/mol. The molecule has 0 N–H and O–H groups in total. The number of carbonyl (C=O) groups is 1. The van der Waals surface area contributed by atoms with Crippen LogP contribution in [0.4, 0.5) is 0 Å². The van der Waals surface area contributed by atoms with Crippen LogP contribution >= 0.6 is 0 Å². The Bertz CT molecular complexity index is 543. The van der Waals surface area contributed by atoms with Crippen LogP contribution in [0.1, 0.15) is 214 Å². The SMILES string of the molecule is CCCCCCCCC=CCCCCCCCC(=O)[O-].CCCCCCCC[N+](C)(CCCCC)CCCCCCCC. The van der Waals surface area contributed by atoms with Crippen molar-refractivity contribution >= 4 is 5.97 Å². The first kappa shape index (κ1) is 44.3. The van der Waals surface area contributed by atoms with Crippen molar-refractivity contribution in [2.45, 2.75) is 214 Å². The molecule has 0 fully saturated rings. The minimum Gasteiger partial charge on any atom is -0.550 e. The zero-order chi connectivity index (χ0) is 32.1. The van der Waals surface area contributed by atoms with Crippen molar-refractivity contribution < 1.29 is 14.4 Å². The smallest absolute Gasteiger partial charge is 0.0784 e. The molecule has 43 heavy (non-hydrogen) atoms. The summed E-state index contributed by atoms with van der Waals surface area (Å²) in [5, 5.41) is 10.2. The molecular formula is C40H81NO2. The molecule has 0 atom stereocenters. The molecule has 0 unspecified atom stereocenters. The van der Waals surface area contributed by atoms with E-state index in [1.165, 1.54) is 185 Å². The number of quaternary nitrogens is 1. The lowest BCUT2D eigenvalue weighted by Crippen LogP contribution is -2.46. The van der Waals surface area contributed by atoms with Gasteiger partial charge in [0.15, 0.2) is 0 Å². The Morgan fingerprint density at radius 3 is 1.09 bits per heavy atom. The molecule has 0 aliphatic rings. The summed E-state index contributed by atoms with van der Waals surface area (Å²) >= 11 is 0. The van der Waals surface area contributed by atoms with E-state index >= 15 is 0 Å². The standard InChI is InChI=1S/C22H48N.C18H34O2/c1-5-8-11-13-15-18-21-23(4,20-17-10-7-3)22-19-16-14-12-9-6-2;1-2-3-4-5-6-7-8-9-10-11-12-13-14-15-16-17-18(19)20/h5-22H2,1-4H3;9-10H,2-8,11-17H2,1H3,(H,19,20)/q+1;/p-1. The first-order chi connectivity index (χ1) is 21.0. The Kier molecular flexibility index (Phi) is 38.5. The number of aliphatic carboxylic acids is 1. The van der Waals surface area contributed by atoms with E-state index in [9.17, 15) is 9.90 Å². The molecule has 3 nitrogen and oxygen atoms in total. The predicted octanol–water partition coefficient (Wildman–Crippen LogP) is 12.1. The fourth-order valence-corrected chi connectivity index (χ4v) is 5.97. The van der Waals surface area contributed by atoms with Gasteiger partial charge in [0.1, 0.15) is 0 Å². The van der Waals surface area contributed by atoms with E-state index in [0.29, 0.717) is 0 Å². The third-order valence-corrected chi connectivity index (χ3v) is 9.05. The van der Waals surface area contributed by atoms with Gasteiger partial charge < -0.3 is 14.4 Å². The van der Waals surface area contributed by atoms with Crippen LogP contribution in [0.2, 0.25) is 0 Å². The topological polar surface area (TPSA) is 40.1 Å². The van der Waals surface area contributed by atoms with E-state index in [0.717, 1.165) is 19.3 Å². The first-order valence-corrected chi connectivity index (χ1v) is 19.6. The molecule has 0 bridgehead atoms. The fraction of sp³-hybridized carbons (Fsp3) is 0.925. The number of rotatable bonds is 33. The van der Waals surface area contributed by atoms with Gasteiger partial charge in [-0.05, 0) is 77.0 Å². The van der Waals surface area contributed by atoms with Gasteiger partial charge in [-0.1, -0.05) is 149 Å². The fourth-order valence-electron chi connectivity index (χ4n) is 5.97. The third-order valence-electron chi connectivity index (χ3n) is 9.05. The van der Waals surface area contributed by atoms with Gasteiger partial charge in [0.2, 0.25) is 0 Å². The van der Waals surface area contributed by atoms with Crippen LogP contribution in [0.15, 0.2) is 12.2 Å². The second-order valence-corrected chi connectivity index (χ2v) is 13.7. The van der Waals surface area contributed by atoms with Gasteiger partial charge in [-0.2, -0.15) is 0 Å². The summed E-state index contributed by atoms with van der Waals surface area (Å²) in [4.78, 5) is 10.2. The average molecular weight is 608 g/mol. The molecule has 0 saturated carbocycles. The molecule has 0 aromatic rings. The number of carboxylic acids is 1. The zero-order valence-electron chi connectivity index (χ0n) is 30.5. The van der Waals surface area contributed by atoms with Crippen LogP contribution in [0, 0.1) is 0 Å². The molecule has 0 heterocycles. The summed E-state index contributed by atoms with van der Waals surface area (Å²) in [6.45, 7) is 13.5. The quantitative estimate of drug-likeness (QED) is 0.0423. The molecule has 0 rings (SSSR count). The monoisotopic (exact) mass is 608 g/mol. The zero-order valence-corrected chi connectivity index (χ0v) is 30.5. The van der Waals surface area contributed by atoms with Crippen molar-refractivity contribution in [3.05, 3.63) is 12.2 Å². The Hall–Kier alpha value is -0.830. The second kappa shape index (κ2) is 37.4. The largest absolute Gasteiger partial charge is 0.550 e. The maximum absolute atomic E-state index is 10.2. The number of carboxylic acid groups (broad SMARTS) is 1. The number of allylic oxidation sites excluding steroid dienone is 2. The summed E-state index contributed by atoms with van der Waals surface area (Å²) < 4.78 is 1.35. The van der Waals surface area contributed by atoms with Crippen LogP contribution in [0.25, 0.3) is 0 Å². The molecule has 0 aromatic carbocycles. The maximum atomic E-state index is 10.2. The second-order valence-electron chi connectivity index (χ2n) is 13.7. The summed E-state index contributed by atoms with van der Waals surface area (Å²) in [5.41, 5.74) is 0. The molecule has 0 amide bonds. The van der Waals surface area contributed by atoms with E-state index in [1.54, 1.807) is 0 Å². The van der Waals surface area contributed by atoms with Crippen LogP contribution < -0.4 is 5.11 Å². The molecule has 0 aliphatic carbocycles. The van der Waals surface area contributed by atoms with Crippen molar-refractivity contribution in [3.8, 4) is 0 Å². The van der Waals surface area contributed by atoms with Gasteiger partial charge in [-0.3, -0.25) is 0 Å². The molecule has 0 saturated heterocycles. The minimum absolute atomic E-state index is 0.220. The summed E-state index contributed by atoms with van der Waals surface area (Å²) in [6, 6.07) is 0. The van der Waals surface area contributed by atoms with Crippen molar-refractivity contribution in [2.24, 2.45) is 0 Å². The lowest BCUT2D eigenvalue weighted by atomic mass is 10.1. The number of carbonyl (C=O) groups excluding carboxylic acids is 1. The van der Waals surface area contributed by atoms with Crippen molar-refractivity contribution in [1.29, 1.82) is 0 Å². The van der Waals surface area contributed by atoms with Crippen molar-refractivity contribution in [1.82, 2.24) is 0 Å². The average Bonchev–Trinajstić information content (AvgIpc) is 2.99. The van der Waals surface area contributed by atoms with Gasteiger partial charge in [0.25, 0.3) is 0 Å². The first-order valence-electron chi connectivity index (χ1n) is 19.6. The van der Waals surface area contributed by atoms with Gasteiger partial charge in [0, 0.05) is 5.97 Å². The van der Waals surface area contributed by atoms with E-state index in [-0.39, 0.29) is 6.42 Å². The van der Waals surface area contributed by atoms with E-state index in [2.05, 4.69) is 46.9 Å². The Balaban J connectivity index is 0. The number of hydrogen-bond donors (Lipinski definition) is 0. The highest BCUT2D eigenvalue weighted by Crippen LogP contribution is 2.15. The number of unbranched alkanes of at least 4 members (excludes halogenated alkanes) is 23. The Labute approximate surface area is 272 Å². The molecule has 258 valence electrons. The Morgan fingerprint density at radius 2 is 0.721 bits per heavy atom. The summed E-state index contributed by atoms with van der Waals surface area (Å²) in [7, 11) is 2.54. The van der Waals surface area contributed by atoms with Crippen molar-refractivity contribution in [2.75, 3.05) is 26.7 Å². The van der Waals surface area contributed by atoms with E-state index in [4.69, 9.17) is 0 Å². The van der Waals surface area contributed by atoms with E-state index in [1.807, 2.05) is 0 Å². The number of nitrogens with zero attached hydrogens (tertiary/aromatic N) is 1. The third kappa shape index (κ3) is 39.1. The van der Waals surface area contributed by atoms with E-state index < -0.39 is 5.97 Å².